The molecule has 0 bridgehead atoms. The van der Waals surface area contributed by atoms with Gasteiger partial charge in [0.2, 0.25) is 5.82 Å². The molecule has 0 amide bonds. The van der Waals surface area contributed by atoms with Crippen LogP contribution in [-0.4, -0.2) is 31.3 Å². The van der Waals surface area contributed by atoms with Gasteiger partial charge >= 0.3 is 6.18 Å². The largest absolute Gasteiger partial charge is 0.451 e. The molecule has 1 atom stereocenters. The summed E-state index contributed by atoms with van der Waals surface area (Å²) in [4.78, 5) is 6.46. The molecule has 1 aromatic carbocycles. The number of alkyl halides is 3. The number of hydrogen-bond donors (Lipinski definition) is 0. The molecule has 0 fully saturated rings. The number of rotatable bonds is 4. The van der Waals surface area contributed by atoms with Gasteiger partial charge in [-0.25, -0.2) is 9.67 Å². The maximum Gasteiger partial charge on any atom is 0.451 e. The summed E-state index contributed by atoms with van der Waals surface area (Å²) in [5, 5.41) is 4.52. The minimum absolute atomic E-state index is 0.0238. The smallest absolute Gasteiger partial charge is 0.299 e. The topological polar surface area (TPSA) is 38.9 Å². The number of halogens is 3. The predicted molar refractivity (Wildman–Crippen MR) is 92.8 cm³/mol. The third-order valence-electron chi connectivity index (χ3n) is 3.98. The monoisotopic (exact) mass is 387 g/mol. The van der Waals surface area contributed by atoms with E-state index in [0.717, 1.165) is 19.8 Å². The summed E-state index contributed by atoms with van der Waals surface area (Å²) < 4.78 is 42.0. The first-order valence-electron chi connectivity index (χ1n) is 7.45. The van der Waals surface area contributed by atoms with E-state index in [-0.39, 0.29) is 17.5 Å². The van der Waals surface area contributed by atoms with Crippen LogP contribution < -0.4 is 0 Å². The lowest BCUT2D eigenvalue weighted by Gasteiger charge is -2.22. The molecular formula is C15H16F3N5S2. The lowest BCUT2D eigenvalue weighted by molar-refractivity contribution is -0.147. The van der Waals surface area contributed by atoms with E-state index in [1.165, 1.54) is 11.7 Å². The second-order valence-electron chi connectivity index (χ2n) is 5.76. The average molecular weight is 387 g/mol. The summed E-state index contributed by atoms with van der Waals surface area (Å²) in [5.74, 6) is -1.00. The van der Waals surface area contributed by atoms with Gasteiger partial charge in [-0.15, -0.1) is 16.4 Å². The van der Waals surface area contributed by atoms with Crippen molar-refractivity contribution < 1.29 is 13.2 Å². The maximum atomic E-state index is 13.0. The zero-order valence-electron chi connectivity index (χ0n) is 13.8. The zero-order chi connectivity index (χ0) is 18.4. The second kappa shape index (κ2) is 6.50. The molecule has 25 heavy (non-hydrogen) atoms. The molecule has 3 rings (SSSR count). The van der Waals surface area contributed by atoms with Gasteiger partial charge in [0.25, 0.3) is 0 Å². The maximum absolute atomic E-state index is 13.0. The van der Waals surface area contributed by atoms with Gasteiger partial charge in [-0.1, -0.05) is 12.1 Å². The van der Waals surface area contributed by atoms with Crippen molar-refractivity contribution in [2.24, 2.45) is 7.05 Å². The van der Waals surface area contributed by atoms with Gasteiger partial charge < -0.3 is 0 Å². The molecule has 0 saturated carbocycles. The third-order valence-corrected chi connectivity index (χ3v) is 5.67. The summed E-state index contributed by atoms with van der Waals surface area (Å²) in [6, 6.07) is 7.72. The highest BCUT2D eigenvalue weighted by Gasteiger charge is 2.37. The molecule has 0 radical (unpaired) electrons. The molecule has 0 spiro atoms. The zero-order valence-corrected chi connectivity index (χ0v) is 15.4. The molecule has 5 nitrogen and oxygen atoms in total. The summed E-state index contributed by atoms with van der Waals surface area (Å²) in [6.07, 6.45) is -4.54. The van der Waals surface area contributed by atoms with Crippen LogP contribution in [-0.2, 0) is 19.9 Å². The molecule has 0 saturated heterocycles. The van der Waals surface area contributed by atoms with Gasteiger partial charge in [-0.3, -0.25) is 9.47 Å². The standard InChI is InChI=1S/C15H16F3N5S2/c1-9(12-19-10-6-4-5-7-11(10)25-12)21(2)8-23-14(24)22(3)13(20-23)15(16,17)18/h4-7,9H,8H2,1-3H3/t9-/m0/s1. The number of aromatic nitrogens is 4. The Bertz CT molecular complexity index is 923. The van der Waals surface area contributed by atoms with Crippen molar-refractivity contribution >= 4 is 33.8 Å². The van der Waals surface area contributed by atoms with Crippen LogP contribution >= 0.6 is 23.6 Å². The van der Waals surface area contributed by atoms with Crippen LogP contribution in [0.15, 0.2) is 24.3 Å². The molecule has 10 heteroatoms. The van der Waals surface area contributed by atoms with Crippen LogP contribution in [0.25, 0.3) is 10.2 Å². The van der Waals surface area contributed by atoms with Gasteiger partial charge in [0.15, 0.2) is 4.77 Å². The number of fused-ring (bicyclic) bond motifs is 1. The predicted octanol–water partition coefficient (Wildman–Crippen LogP) is 4.23. The van der Waals surface area contributed by atoms with Gasteiger partial charge in [0.1, 0.15) is 5.01 Å². The summed E-state index contributed by atoms with van der Waals surface area (Å²) >= 11 is 6.65. The molecule has 2 aromatic heterocycles. The van der Waals surface area contributed by atoms with Crippen LogP contribution in [0.3, 0.4) is 0 Å². The van der Waals surface area contributed by atoms with E-state index in [1.54, 1.807) is 18.4 Å². The second-order valence-corrected chi connectivity index (χ2v) is 7.18. The fourth-order valence-corrected chi connectivity index (χ4v) is 3.69. The van der Waals surface area contributed by atoms with Crippen molar-refractivity contribution in [2.45, 2.75) is 25.8 Å². The fourth-order valence-electron chi connectivity index (χ4n) is 2.42. The first-order chi connectivity index (χ1) is 11.7. The van der Waals surface area contributed by atoms with Crippen LogP contribution in [0, 0.1) is 4.77 Å². The number of benzene rings is 1. The van der Waals surface area contributed by atoms with Gasteiger partial charge in [0, 0.05) is 7.05 Å². The highest BCUT2D eigenvalue weighted by molar-refractivity contribution is 7.71. The van der Waals surface area contributed by atoms with E-state index in [4.69, 9.17) is 12.2 Å². The summed E-state index contributed by atoms with van der Waals surface area (Å²) in [6.45, 7) is 2.09. The molecule has 3 aromatic rings. The first kappa shape index (κ1) is 18.0. The number of hydrogen-bond acceptors (Lipinski definition) is 5. The van der Waals surface area contributed by atoms with E-state index in [9.17, 15) is 13.2 Å². The third kappa shape index (κ3) is 3.46. The van der Waals surface area contributed by atoms with Crippen molar-refractivity contribution in [3.05, 3.63) is 39.9 Å². The lowest BCUT2D eigenvalue weighted by Crippen LogP contribution is -2.26. The molecule has 0 aliphatic rings. The van der Waals surface area contributed by atoms with Crippen molar-refractivity contribution in [1.29, 1.82) is 0 Å². The Hall–Kier alpha value is -1.78. The number of nitrogens with zero attached hydrogens (tertiary/aromatic N) is 5. The Balaban J connectivity index is 1.84. The molecule has 2 heterocycles. The van der Waals surface area contributed by atoms with Gasteiger partial charge in [-0.05, 0) is 38.3 Å². The van der Waals surface area contributed by atoms with Gasteiger partial charge in [0.05, 0.1) is 22.9 Å². The number of thiazole rings is 1. The first-order valence-corrected chi connectivity index (χ1v) is 8.67. The Morgan fingerprint density at radius 3 is 2.60 bits per heavy atom. The Kier molecular flexibility index (Phi) is 4.69. The van der Waals surface area contributed by atoms with Crippen LogP contribution in [0.5, 0.6) is 0 Å². The fraction of sp³-hybridized carbons (Fsp3) is 0.400. The molecule has 0 aliphatic heterocycles. The van der Waals surface area contributed by atoms with E-state index in [2.05, 4.69) is 10.1 Å². The Labute approximate surface area is 151 Å². The number of para-hydroxylation sites is 1. The van der Waals surface area contributed by atoms with Crippen molar-refractivity contribution in [2.75, 3.05) is 7.05 Å². The van der Waals surface area contributed by atoms with Crippen molar-refractivity contribution in [3.63, 3.8) is 0 Å². The summed E-state index contributed by atoms with van der Waals surface area (Å²) in [7, 11) is 3.08. The van der Waals surface area contributed by atoms with Crippen LogP contribution in [0.1, 0.15) is 23.8 Å². The lowest BCUT2D eigenvalue weighted by atomic mass is 10.3. The summed E-state index contributed by atoms with van der Waals surface area (Å²) in [5.41, 5.74) is 0.913. The van der Waals surface area contributed by atoms with Gasteiger partial charge in [-0.2, -0.15) is 13.2 Å². The van der Waals surface area contributed by atoms with E-state index >= 15 is 0 Å². The Morgan fingerprint density at radius 1 is 1.32 bits per heavy atom. The van der Waals surface area contributed by atoms with Crippen LogP contribution in [0.2, 0.25) is 0 Å². The van der Waals surface area contributed by atoms with E-state index in [1.807, 2.05) is 36.1 Å². The normalized spacial score (nSPS) is 13.7. The molecular weight excluding hydrogens is 371 g/mol. The molecule has 134 valence electrons. The Morgan fingerprint density at radius 2 is 2.00 bits per heavy atom. The van der Waals surface area contributed by atoms with E-state index < -0.39 is 12.0 Å². The highest BCUT2D eigenvalue weighted by Crippen LogP contribution is 2.30. The minimum atomic E-state index is -4.54. The SMILES string of the molecule is C[C@@H](c1nc2ccccc2s1)N(C)Cn1nc(C(F)(F)F)n(C)c1=S. The molecule has 0 aliphatic carbocycles. The van der Waals surface area contributed by atoms with E-state index in [0.29, 0.717) is 0 Å². The van der Waals surface area contributed by atoms with Crippen LogP contribution in [0.4, 0.5) is 13.2 Å². The highest BCUT2D eigenvalue weighted by atomic mass is 32.1. The quantitative estimate of drug-likeness (QED) is 0.628. The molecule has 0 N–H and O–H groups in total. The minimum Gasteiger partial charge on any atom is -0.299 e. The van der Waals surface area contributed by atoms with Crippen molar-refractivity contribution in [1.82, 2.24) is 24.2 Å². The van der Waals surface area contributed by atoms with Crippen molar-refractivity contribution in [3.8, 4) is 0 Å². The molecule has 0 unspecified atom stereocenters. The average Bonchev–Trinajstić information content (AvgIpc) is 3.10.